The Hall–Kier alpha value is -2.11. The van der Waals surface area contributed by atoms with Crippen molar-refractivity contribution in [2.45, 2.75) is 0 Å². The Morgan fingerprint density at radius 3 is 2.90 bits per heavy atom. The van der Waals surface area contributed by atoms with Gasteiger partial charge in [0.05, 0.1) is 26.4 Å². The Bertz CT molecular complexity index is 800. The van der Waals surface area contributed by atoms with Crippen LogP contribution in [0.2, 0.25) is 5.02 Å². The van der Waals surface area contributed by atoms with Gasteiger partial charge in [0.15, 0.2) is 0 Å². The lowest BCUT2D eigenvalue weighted by atomic mass is 10.2. The Balaban J connectivity index is 1.85. The van der Waals surface area contributed by atoms with Crippen molar-refractivity contribution in [3.63, 3.8) is 0 Å². The number of rotatable bonds is 2. The lowest BCUT2D eigenvalue weighted by Crippen LogP contribution is -2.12. The maximum atomic E-state index is 12.1. The molecule has 0 saturated carbocycles. The zero-order chi connectivity index (χ0) is 14.1. The summed E-state index contributed by atoms with van der Waals surface area (Å²) in [6.07, 6.45) is 0. The summed E-state index contributed by atoms with van der Waals surface area (Å²) in [4.78, 5) is 16.3. The van der Waals surface area contributed by atoms with Crippen LogP contribution in [0.5, 0.6) is 0 Å². The molecule has 3 aromatic rings. The molecule has 100 valence electrons. The number of hydrogen-bond acceptors (Lipinski definition) is 4. The summed E-state index contributed by atoms with van der Waals surface area (Å²) in [6, 6.07) is 10.4. The van der Waals surface area contributed by atoms with Crippen molar-refractivity contribution in [1.82, 2.24) is 4.98 Å². The highest BCUT2D eigenvalue weighted by atomic mass is 35.5. The van der Waals surface area contributed by atoms with Crippen molar-refractivity contribution in [3.8, 4) is 0 Å². The molecule has 4 nitrogen and oxygen atoms in total. The van der Waals surface area contributed by atoms with Crippen molar-refractivity contribution in [3.05, 3.63) is 52.5 Å². The smallest absolute Gasteiger partial charge is 0.255 e. The molecule has 3 rings (SSSR count). The molecule has 0 unspecified atom stereocenters. The van der Waals surface area contributed by atoms with Crippen LogP contribution in [-0.4, -0.2) is 10.9 Å². The number of nitrogens with one attached hydrogen (secondary N) is 1. The number of anilines is 2. The maximum absolute atomic E-state index is 12.1. The van der Waals surface area contributed by atoms with Crippen molar-refractivity contribution >= 4 is 50.4 Å². The molecule has 3 N–H and O–H groups in total. The monoisotopic (exact) mass is 303 g/mol. The van der Waals surface area contributed by atoms with Gasteiger partial charge < -0.3 is 11.1 Å². The average molecular weight is 304 g/mol. The van der Waals surface area contributed by atoms with Gasteiger partial charge in [0.25, 0.3) is 5.91 Å². The van der Waals surface area contributed by atoms with E-state index >= 15 is 0 Å². The second-order valence-electron chi connectivity index (χ2n) is 4.23. The van der Waals surface area contributed by atoms with Crippen molar-refractivity contribution < 1.29 is 4.79 Å². The first kappa shape index (κ1) is 12.9. The fraction of sp³-hybridized carbons (Fsp3) is 0. The molecule has 1 amide bonds. The minimum Gasteiger partial charge on any atom is -0.398 e. The van der Waals surface area contributed by atoms with Crippen LogP contribution >= 0.6 is 22.9 Å². The van der Waals surface area contributed by atoms with Crippen LogP contribution in [0.4, 0.5) is 11.4 Å². The van der Waals surface area contributed by atoms with E-state index in [9.17, 15) is 4.79 Å². The van der Waals surface area contributed by atoms with E-state index in [0.717, 1.165) is 15.9 Å². The Labute approximate surface area is 124 Å². The molecule has 0 atom stereocenters. The van der Waals surface area contributed by atoms with E-state index in [4.69, 9.17) is 17.3 Å². The number of aromatic nitrogens is 1. The largest absolute Gasteiger partial charge is 0.398 e. The van der Waals surface area contributed by atoms with Gasteiger partial charge >= 0.3 is 0 Å². The van der Waals surface area contributed by atoms with E-state index < -0.39 is 0 Å². The lowest BCUT2D eigenvalue weighted by molar-refractivity contribution is 0.102. The molecule has 1 aromatic heterocycles. The standard InChI is InChI=1S/C14H10ClN3OS/c15-10-3-1-8(5-11(10)16)14(19)18-9-2-4-12-13(6-9)20-7-17-12/h1-7H,16H2,(H,18,19). The molecular weight excluding hydrogens is 294 g/mol. The van der Waals surface area contributed by atoms with Gasteiger partial charge in [0, 0.05) is 11.3 Å². The molecule has 6 heteroatoms. The molecule has 0 aliphatic rings. The second-order valence-corrected chi connectivity index (χ2v) is 5.52. The first-order valence-electron chi connectivity index (χ1n) is 5.83. The SMILES string of the molecule is Nc1cc(C(=O)Nc2ccc3ncsc3c2)ccc1Cl. The Morgan fingerprint density at radius 2 is 2.10 bits per heavy atom. The molecule has 0 aliphatic carbocycles. The molecule has 2 aromatic carbocycles. The summed E-state index contributed by atoms with van der Waals surface area (Å²) in [7, 11) is 0. The summed E-state index contributed by atoms with van der Waals surface area (Å²) in [5, 5.41) is 3.27. The summed E-state index contributed by atoms with van der Waals surface area (Å²) in [6.45, 7) is 0. The fourth-order valence-electron chi connectivity index (χ4n) is 1.82. The first-order valence-corrected chi connectivity index (χ1v) is 7.09. The van der Waals surface area contributed by atoms with Crippen LogP contribution < -0.4 is 11.1 Å². The van der Waals surface area contributed by atoms with Crippen LogP contribution in [0, 0.1) is 0 Å². The number of nitrogens with zero attached hydrogens (tertiary/aromatic N) is 1. The van der Waals surface area contributed by atoms with Crippen LogP contribution in [0.25, 0.3) is 10.2 Å². The lowest BCUT2D eigenvalue weighted by Gasteiger charge is -2.06. The van der Waals surface area contributed by atoms with Crippen molar-refractivity contribution in [2.24, 2.45) is 0 Å². The number of thiazole rings is 1. The minimum absolute atomic E-state index is 0.225. The van der Waals surface area contributed by atoms with Gasteiger partial charge in [0.2, 0.25) is 0 Å². The highest BCUT2D eigenvalue weighted by Crippen LogP contribution is 2.23. The number of fused-ring (bicyclic) bond motifs is 1. The molecule has 0 spiro atoms. The zero-order valence-corrected chi connectivity index (χ0v) is 11.8. The average Bonchev–Trinajstić information content (AvgIpc) is 2.89. The van der Waals surface area contributed by atoms with E-state index in [1.807, 2.05) is 18.2 Å². The summed E-state index contributed by atoms with van der Waals surface area (Å²) in [5.74, 6) is -0.225. The van der Waals surface area contributed by atoms with Gasteiger partial charge in [-0.15, -0.1) is 11.3 Å². The zero-order valence-electron chi connectivity index (χ0n) is 10.3. The molecule has 20 heavy (non-hydrogen) atoms. The van der Waals surface area contributed by atoms with Crippen LogP contribution in [0.15, 0.2) is 41.9 Å². The third-order valence-corrected chi connectivity index (χ3v) is 3.98. The van der Waals surface area contributed by atoms with Gasteiger partial charge in [-0.25, -0.2) is 4.98 Å². The molecule has 0 saturated heterocycles. The molecular formula is C14H10ClN3OS. The Kier molecular flexibility index (Phi) is 3.30. The minimum atomic E-state index is -0.225. The second kappa shape index (κ2) is 5.11. The number of carbonyl (C=O) groups excluding carboxylic acids is 1. The predicted molar refractivity (Wildman–Crippen MR) is 83.4 cm³/mol. The third kappa shape index (κ3) is 2.45. The van der Waals surface area contributed by atoms with E-state index in [-0.39, 0.29) is 5.91 Å². The Morgan fingerprint density at radius 1 is 1.25 bits per heavy atom. The molecule has 1 heterocycles. The molecule has 0 bridgehead atoms. The van der Waals surface area contributed by atoms with Crippen molar-refractivity contribution in [1.29, 1.82) is 0 Å². The highest BCUT2D eigenvalue weighted by molar-refractivity contribution is 7.16. The van der Waals surface area contributed by atoms with Crippen molar-refractivity contribution in [2.75, 3.05) is 11.1 Å². The van der Waals surface area contributed by atoms with E-state index in [1.165, 1.54) is 11.3 Å². The maximum Gasteiger partial charge on any atom is 0.255 e. The fourth-order valence-corrected chi connectivity index (χ4v) is 2.65. The number of nitrogens with two attached hydrogens (primary N) is 1. The number of amides is 1. The first-order chi connectivity index (χ1) is 9.63. The number of benzene rings is 2. The van der Waals surface area contributed by atoms with Crippen LogP contribution in [0.1, 0.15) is 10.4 Å². The summed E-state index contributed by atoms with van der Waals surface area (Å²) >= 11 is 7.37. The van der Waals surface area contributed by atoms with Gasteiger partial charge in [-0.1, -0.05) is 11.6 Å². The predicted octanol–water partition coefficient (Wildman–Crippen LogP) is 3.78. The molecule has 0 fully saturated rings. The number of halogens is 1. The van der Waals surface area contributed by atoms with Crippen LogP contribution in [-0.2, 0) is 0 Å². The quantitative estimate of drug-likeness (QED) is 0.708. The highest BCUT2D eigenvalue weighted by Gasteiger charge is 2.08. The van der Waals surface area contributed by atoms with E-state index in [2.05, 4.69) is 10.3 Å². The topological polar surface area (TPSA) is 68.0 Å². The van der Waals surface area contributed by atoms with Crippen LogP contribution in [0.3, 0.4) is 0 Å². The van der Waals surface area contributed by atoms with Gasteiger partial charge in [-0.3, -0.25) is 4.79 Å². The molecule has 0 aliphatic heterocycles. The number of carbonyl (C=O) groups is 1. The van der Waals surface area contributed by atoms with E-state index in [0.29, 0.717) is 16.3 Å². The van der Waals surface area contributed by atoms with Gasteiger partial charge in [0.1, 0.15) is 0 Å². The third-order valence-electron chi connectivity index (χ3n) is 2.85. The summed E-state index contributed by atoms with van der Waals surface area (Å²) in [5.41, 5.74) is 9.97. The molecule has 0 radical (unpaired) electrons. The van der Waals surface area contributed by atoms with E-state index in [1.54, 1.807) is 23.7 Å². The van der Waals surface area contributed by atoms with Gasteiger partial charge in [-0.2, -0.15) is 0 Å². The summed E-state index contributed by atoms with van der Waals surface area (Å²) < 4.78 is 1.03. The number of hydrogen-bond donors (Lipinski definition) is 2. The normalized spacial score (nSPS) is 10.7. The number of nitrogen functional groups attached to an aromatic ring is 1. The van der Waals surface area contributed by atoms with Gasteiger partial charge in [-0.05, 0) is 36.4 Å².